The molecule has 3 aromatic rings. The monoisotopic (exact) mass is 253 g/mol. The Hall–Kier alpha value is -2.20. The standard InChI is InChI=1S/C14H9N2OS/c1-2-4-12-11(3-1)13-10(5-7-17-12)9-16-6-8-18-14(16)15-13/h1-9H/q+1. The first-order valence-corrected chi connectivity index (χ1v) is 6.52. The van der Waals surface area contributed by atoms with Crippen molar-refractivity contribution in [1.82, 2.24) is 4.98 Å². The van der Waals surface area contributed by atoms with Crippen LogP contribution >= 0.6 is 11.3 Å². The number of hydrogen-bond acceptors (Lipinski definition) is 3. The zero-order chi connectivity index (χ0) is 11.9. The summed E-state index contributed by atoms with van der Waals surface area (Å²) >= 11 is 1.63. The van der Waals surface area contributed by atoms with E-state index in [2.05, 4.69) is 6.20 Å². The molecule has 0 atom stereocenters. The Labute approximate surface area is 108 Å². The van der Waals surface area contributed by atoms with Gasteiger partial charge in [-0.3, -0.25) is 0 Å². The molecule has 1 aromatic carbocycles. The highest BCUT2D eigenvalue weighted by atomic mass is 32.1. The average molecular weight is 253 g/mol. The highest BCUT2D eigenvalue weighted by molar-refractivity contribution is 7.14. The van der Waals surface area contributed by atoms with Crippen molar-refractivity contribution >= 4 is 22.4 Å². The van der Waals surface area contributed by atoms with Crippen molar-refractivity contribution in [3.63, 3.8) is 0 Å². The lowest BCUT2D eigenvalue weighted by Crippen LogP contribution is -2.19. The molecule has 2 aromatic heterocycles. The van der Waals surface area contributed by atoms with Crippen molar-refractivity contribution in [1.29, 1.82) is 0 Å². The predicted molar refractivity (Wildman–Crippen MR) is 70.4 cm³/mol. The van der Waals surface area contributed by atoms with Gasteiger partial charge in [-0.1, -0.05) is 23.5 Å². The van der Waals surface area contributed by atoms with E-state index >= 15 is 0 Å². The van der Waals surface area contributed by atoms with Crippen LogP contribution in [0.1, 0.15) is 5.56 Å². The Morgan fingerprint density at radius 1 is 1.22 bits per heavy atom. The molecule has 0 fully saturated rings. The molecule has 1 aliphatic rings. The summed E-state index contributed by atoms with van der Waals surface area (Å²) < 4.78 is 7.64. The number of para-hydroxylation sites is 1. The van der Waals surface area contributed by atoms with E-state index in [1.807, 2.05) is 46.3 Å². The molecule has 86 valence electrons. The number of ether oxygens (including phenoxy) is 1. The van der Waals surface area contributed by atoms with E-state index in [0.29, 0.717) is 0 Å². The van der Waals surface area contributed by atoms with E-state index < -0.39 is 0 Å². The quantitative estimate of drug-likeness (QED) is 0.576. The second-order valence-corrected chi connectivity index (χ2v) is 4.93. The Morgan fingerprint density at radius 3 is 3.17 bits per heavy atom. The van der Waals surface area contributed by atoms with E-state index in [-0.39, 0.29) is 0 Å². The molecule has 0 aliphatic carbocycles. The molecule has 0 saturated heterocycles. The highest BCUT2D eigenvalue weighted by Gasteiger charge is 2.21. The van der Waals surface area contributed by atoms with Crippen molar-refractivity contribution < 1.29 is 9.14 Å². The second-order valence-electron chi connectivity index (χ2n) is 4.05. The van der Waals surface area contributed by atoms with Crippen LogP contribution in [0.4, 0.5) is 0 Å². The Morgan fingerprint density at radius 2 is 2.17 bits per heavy atom. The number of nitrogens with zero attached hydrogens (tertiary/aromatic N) is 2. The third-order valence-electron chi connectivity index (χ3n) is 2.96. The SMILES string of the molecule is C1=Cc2c[n+]3ccsc3nc2-c2ccccc2O1. The highest BCUT2D eigenvalue weighted by Crippen LogP contribution is 2.33. The number of benzene rings is 1. The average Bonchev–Trinajstić information content (AvgIpc) is 2.78. The molecule has 0 unspecified atom stereocenters. The van der Waals surface area contributed by atoms with Crippen LogP contribution in [0.25, 0.3) is 22.3 Å². The number of hydrogen-bond donors (Lipinski definition) is 0. The minimum absolute atomic E-state index is 0.848. The first kappa shape index (κ1) is 9.79. The van der Waals surface area contributed by atoms with Gasteiger partial charge in [0.05, 0.1) is 17.4 Å². The van der Waals surface area contributed by atoms with Gasteiger partial charge in [0, 0.05) is 5.38 Å². The van der Waals surface area contributed by atoms with Gasteiger partial charge < -0.3 is 4.74 Å². The van der Waals surface area contributed by atoms with Crippen LogP contribution in [0.15, 0.2) is 48.3 Å². The summed E-state index contributed by atoms with van der Waals surface area (Å²) in [5.74, 6) is 0.848. The summed E-state index contributed by atoms with van der Waals surface area (Å²) in [5.41, 5.74) is 3.08. The fourth-order valence-corrected chi connectivity index (χ4v) is 2.81. The zero-order valence-electron chi connectivity index (χ0n) is 9.41. The van der Waals surface area contributed by atoms with E-state index in [1.165, 1.54) is 0 Å². The van der Waals surface area contributed by atoms with Crippen molar-refractivity contribution in [3.05, 3.63) is 53.9 Å². The Bertz CT molecular complexity index is 776. The maximum atomic E-state index is 5.61. The molecular formula is C14H9N2OS+. The summed E-state index contributed by atoms with van der Waals surface area (Å²) in [6.07, 6.45) is 7.76. The van der Waals surface area contributed by atoms with Crippen molar-refractivity contribution in [2.24, 2.45) is 0 Å². The molecule has 4 heteroatoms. The summed E-state index contributed by atoms with van der Waals surface area (Å²) in [6.45, 7) is 0. The van der Waals surface area contributed by atoms with Crippen LogP contribution in [-0.4, -0.2) is 4.98 Å². The zero-order valence-corrected chi connectivity index (χ0v) is 10.2. The van der Waals surface area contributed by atoms with Gasteiger partial charge in [0.15, 0.2) is 5.69 Å². The lowest BCUT2D eigenvalue weighted by Gasteiger charge is -2.02. The van der Waals surface area contributed by atoms with Gasteiger partial charge in [0.2, 0.25) is 0 Å². The van der Waals surface area contributed by atoms with E-state index in [0.717, 1.165) is 27.5 Å². The molecule has 18 heavy (non-hydrogen) atoms. The van der Waals surface area contributed by atoms with Gasteiger partial charge in [-0.25, -0.2) is 0 Å². The third-order valence-corrected chi connectivity index (χ3v) is 3.73. The number of thiazole rings is 1. The predicted octanol–water partition coefficient (Wildman–Crippen LogP) is 2.91. The van der Waals surface area contributed by atoms with Crippen LogP contribution in [0, 0.1) is 0 Å². The minimum Gasteiger partial charge on any atom is -0.464 e. The molecule has 0 spiro atoms. The van der Waals surface area contributed by atoms with Crippen LogP contribution < -0.4 is 9.14 Å². The lowest BCUT2D eigenvalue weighted by atomic mass is 10.1. The maximum absolute atomic E-state index is 5.61. The van der Waals surface area contributed by atoms with Gasteiger partial charge in [-0.15, -0.1) is 0 Å². The molecule has 0 radical (unpaired) electrons. The lowest BCUT2D eigenvalue weighted by molar-refractivity contribution is -0.509. The molecule has 1 aliphatic heterocycles. The van der Waals surface area contributed by atoms with Crippen molar-refractivity contribution in [2.75, 3.05) is 0 Å². The van der Waals surface area contributed by atoms with Gasteiger partial charge in [0.1, 0.15) is 18.1 Å². The summed E-state index contributed by atoms with van der Waals surface area (Å²) in [4.78, 5) is 5.71. The van der Waals surface area contributed by atoms with Crippen LogP contribution in [0.2, 0.25) is 0 Å². The van der Waals surface area contributed by atoms with Gasteiger partial charge >= 0.3 is 4.96 Å². The molecule has 0 N–H and O–H groups in total. The van der Waals surface area contributed by atoms with E-state index in [9.17, 15) is 0 Å². The summed E-state index contributed by atoms with van der Waals surface area (Å²) in [5, 5.41) is 2.04. The molecule has 0 bridgehead atoms. The Kier molecular flexibility index (Phi) is 1.98. The molecule has 3 nitrogen and oxygen atoms in total. The minimum atomic E-state index is 0.848. The fourth-order valence-electron chi connectivity index (χ4n) is 2.12. The second kappa shape index (κ2) is 3.65. The molecule has 0 saturated carbocycles. The van der Waals surface area contributed by atoms with Gasteiger partial charge in [-0.2, -0.15) is 4.40 Å². The molecular weight excluding hydrogens is 244 g/mol. The van der Waals surface area contributed by atoms with Crippen LogP contribution in [-0.2, 0) is 0 Å². The normalized spacial score (nSPS) is 12.7. The van der Waals surface area contributed by atoms with Crippen molar-refractivity contribution in [2.45, 2.75) is 0 Å². The van der Waals surface area contributed by atoms with E-state index in [1.54, 1.807) is 17.6 Å². The Balaban J connectivity index is 2.11. The van der Waals surface area contributed by atoms with Crippen LogP contribution in [0.5, 0.6) is 5.75 Å². The van der Waals surface area contributed by atoms with Crippen molar-refractivity contribution in [3.8, 4) is 17.0 Å². The third kappa shape index (κ3) is 1.36. The maximum Gasteiger partial charge on any atom is 0.387 e. The largest absolute Gasteiger partial charge is 0.464 e. The number of rotatable bonds is 0. The fraction of sp³-hybridized carbons (Fsp3) is 0. The summed E-state index contributed by atoms with van der Waals surface area (Å²) in [7, 11) is 0. The summed E-state index contributed by atoms with van der Waals surface area (Å²) in [6, 6.07) is 7.97. The molecule has 4 rings (SSSR count). The first-order chi connectivity index (χ1) is 8.92. The van der Waals surface area contributed by atoms with Gasteiger partial charge in [0.25, 0.3) is 0 Å². The smallest absolute Gasteiger partial charge is 0.387 e. The molecule has 3 heterocycles. The van der Waals surface area contributed by atoms with Crippen LogP contribution in [0.3, 0.4) is 0 Å². The topological polar surface area (TPSA) is 26.2 Å². The molecule has 0 amide bonds. The van der Waals surface area contributed by atoms with Gasteiger partial charge in [-0.05, 0) is 23.2 Å². The first-order valence-electron chi connectivity index (χ1n) is 5.64. The van der Waals surface area contributed by atoms with E-state index in [4.69, 9.17) is 9.72 Å². The number of fused-ring (bicyclic) bond motifs is 4. The number of aromatic nitrogens is 2.